The van der Waals surface area contributed by atoms with Gasteiger partial charge in [-0.15, -0.1) is 11.3 Å². The van der Waals surface area contributed by atoms with Crippen molar-refractivity contribution in [1.29, 1.82) is 0 Å². The van der Waals surface area contributed by atoms with Crippen molar-refractivity contribution in [2.45, 2.75) is 44.6 Å². The molecule has 0 radical (unpaired) electrons. The number of carbonyl (C=O) groups is 1. The van der Waals surface area contributed by atoms with E-state index in [0.717, 1.165) is 45.4 Å². The molecule has 0 atom stereocenters. The van der Waals surface area contributed by atoms with Gasteiger partial charge in [-0.05, 0) is 25.8 Å². The smallest absolute Gasteiger partial charge is 0.342 e. The van der Waals surface area contributed by atoms with Gasteiger partial charge in [-0.25, -0.2) is 9.38 Å². The van der Waals surface area contributed by atoms with Crippen LogP contribution in [0.2, 0.25) is 0 Å². The van der Waals surface area contributed by atoms with Crippen molar-refractivity contribution < 1.29 is 31.1 Å². The Bertz CT molecular complexity index is 1250. The van der Waals surface area contributed by atoms with Gasteiger partial charge in [0.15, 0.2) is 10.7 Å². The predicted octanol–water partition coefficient (Wildman–Crippen LogP) is 3.50. The fraction of sp³-hybridized carbons (Fsp3) is 0.444. The van der Waals surface area contributed by atoms with E-state index in [0.29, 0.717) is 5.69 Å². The summed E-state index contributed by atoms with van der Waals surface area (Å²) in [6, 6.07) is 2.02. The van der Waals surface area contributed by atoms with Crippen molar-refractivity contribution in [2.75, 3.05) is 6.54 Å². The van der Waals surface area contributed by atoms with Crippen LogP contribution in [0.25, 0.3) is 4.96 Å². The Balaban J connectivity index is 1.68. The number of hydrogen-bond acceptors (Lipinski definition) is 5. The first-order chi connectivity index (χ1) is 14.8. The molecule has 1 amide bonds. The highest BCUT2D eigenvalue weighted by Crippen LogP contribution is 2.42. The van der Waals surface area contributed by atoms with Gasteiger partial charge in [0, 0.05) is 22.6 Å². The van der Waals surface area contributed by atoms with E-state index in [9.17, 15) is 35.9 Å². The molecule has 1 aliphatic carbocycles. The molecule has 0 spiro atoms. The Kier molecular flexibility index (Phi) is 5.30. The van der Waals surface area contributed by atoms with Crippen molar-refractivity contribution in [3.05, 3.63) is 50.1 Å². The van der Waals surface area contributed by atoms with Crippen molar-refractivity contribution in [3.8, 4) is 0 Å². The molecule has 172 valence electrons. The van der Waals surface area contributed by atoms with Crippen LogP contribution in [-0.4, -0.2) is 37.8 Å². The zero-order valence-corrected chi connectivity index (χ0v) is 17.2. The van der Waals surface area contributed by atoms with Crippen molar-refractivity contribution in [3.63, 3.8) is 0 Å². The van der Waals surface area contributed by atoms with E-state index < -0.39 is 36.1 Å². The average molecular weight is 479 g/mol. The van der Waals surface area contributed by atoms with Gasteiger partial charge in [0.25, 0.3) is 11.5 Å². The van der Waals surface area contributed by atoms with Gasteiger partial charge < -0.3 is 5.32 Å². The highest BCUT2D eigenvalue weighted by molar-refractivity contribution is 7.17. The lowest BCUT2D eigenvalue weighted by Gasteiger charge is -2.09. The molecule has 1 fully saturated rings. The number of aryl methyl sites for hydroxylation is 1. The number of rotatable bonds is 5. The van der Waals surface area contributed by atoms with Gasteiger partial charge in [0.2, 0.25) is 0 Å². The van der Waals surface area contributed by atoms with Crippen LogP contribution in [0, 0.1) is 6.92 Å². The first-order valence-corrected chi connectivity index (χ1v) is 10.2. The number of carbonyl (C=O) groups excluding carboxylic acids is 1. The van der Waals surface area contributed by atoms with Crippen LogP contribution < -0.4 is 10.9 Å². The minimum atomic E-state index is -4.62. The summed E-state index contributed by atoms with van der Waals surface area (Å²) in [5.74, 6) is -1.13. The molecule has 0 saturated heterocycles. The first-order valence-electron chi connectivity index (χ1n) is 9.35. The zero-order chi connectivity index (χ0) is 23.4. The fourth-order valence-corrected chi connectivity index (χ4v) is 4.28. The molecule has 1 aliphatic rings. The van der Waals surface area contributed by atoms with Crippen LogP contribution in [0.4, 0.5) is 26.3 Å². The van der Waals surface area contributed by atoms with Crippen LogP contribution in [0.3, 0.4) is 0 Å². The number of nitrogens with one attached hydrogen (secondary N) is 1. The van der Waals surface area contributed by atoms with Gasteiger partial charge >= 0.3 is 12.4 Å². The fourth-order valence-electron chi connectivity index (χ4n) is 3.29. The molecule has 4 rings (SSSR count). The Hall–Kier alpha value is -2.90. The maximum absolute atomic E-state index is 13.1. The van der Waals surface area contributed by atoms with E-state index >= 15 is 0 Å². The Labute approximate surface area is 179 Å². The SMILES string of the molecule is Cc1sc2nc(Cn3nc(C(F)(F)F)cc3C3CC3)cc(=O)n2c1C(=O)NCC(F)(F)F. The van der Waals surface area contributed by atoms with Gasteiger partial charge in [-0.1, -0.05) is 0 Å². The number of halogens is 6. The molecule has 0 unspecified atom stereocenters. The summed E-state index contributed by atoms with van der Waals surface area (Å²) in [5, 5.41) is 5.34. The molecular formula is C18H15F6N5O2S. The largest absolute Gasteiger partial charge is 0.435 e. The first kappa shape index (κ1) is 22.3. The standard InChI is InChI=1S/C18H15F6N5O2S/c1-8-14(15(31)25-7-17(19,20)21)29-13(30)4-10(26-16(29)32-8)6-28-11(9-2-3-9)5-12(27-28)18(22,23)24/h4-5,9H,2-3,6-7H2,1H3,(H,25,31). The maximum atomic E-state index is 13.1. The molecule has 0 aromatic carbocycles. The molecule has 1 saturated carbocycles. The highest BCUT2D eigenvalue weighted by atomic mass is 32.1. The van der Waals surface area contributed by atoms with E-state index in [1.54, 1.807) is 5.32 Å². The topological polar surface area (TPSA) is 81.3 Å². The normalized spacial score (nSPS) is 14.8. The minimum Gasteiger partial charge on any atom is -0.342 e. The molecule has 7 nitrogen and oxygen atoms in total. The van der Waals surface area contributed by atoms with Crippen molar-refractivity contribution >= 4 is 22.2 Å². The lowest BCUT2D eigenvalue weighted by Crippen LogP contribution is -2.35. The highest BCUT2D eigenvalue weighted by Gasteiger charge is 2.38. The number of hydrogen-bond donors (Lipinski definition) is 1. The number of aromatic nitrogens is 4. The summed E-state index contributed by atoms with van der Waals surface area (Å²) < 4.78 is 78.5. The number of amides is 1. The third-order valence-electron chi connectivity index (χ3n) is 4.82. The summed E-state index contributed by atoms with van der Waals surface area (Å²) in [5.41, 5.74) is -1.52. The predicted molar refractivity (Wildman–Crippen MR) is 101 cm³/mol. The molecule has 32 heavy (non-hydrogen) atoms. The number of thiazole rings is 1. The summed E-state index contributed by atoms with van der Waals surface area (Å²) >= 11 is 0.912. The quantitative estimate of drug-likeness (QED) is 0.568. The summed E-state index contributed by atoms with van der Waals surface area (Å²) in [6.07, 6.45) is -7.77. The summed E-state index contributed by atoms with van der Waals surface area (Å²) in [6.45, 7) is -0.302. The van der Waals surface area contributed by atoms with Gasteiger partial charge in [-0.3, -0.25) is 14.3 Å². The van der Waals surface area contributed by atoms with Gasteiger partial charge in [0.1, 0.15) is 12.2 Å². The monoisotopic (exact) mass is 479 g/mol. The van der Waals surface area contributed by atoms with E-state index in [1.807, 2.05) is 0 Å². The van der Waals surface area contributed by atoms with E-state index in [-0.39, 0.29) is 33.7 Å². The molecule has 3 heterocycles. The summed E-state index contributed by atoms with van der Waals surface area (Å²) in [4.78, 5) is 29.4. The maximum Gasteiger partial charge on any atom is 0.435 e. The van der Waals surface area contributed by atoms with Crippen LogP contribution in [0.1, 0.15) is 51.2 Å². The van der Waals surface area contributed by atoms with E-state index in [4.69, 9.17) is 0 Å². The number of fused-ring (bicyclic) bond motifs is 1. The van der Waals surface area contributed by atoms with Crippen molar-refractivity contribution in [2.24, 2.45) is 0 Å². The van der Waals surface area contributed by atoms with Gasteiger partial charge in [0.05, 0.1) is 12.2 Å². The number of nitrogens with zero attached hydrogens (tertiary/aromatic N) is 4. The molecule has 1 N–H and O–H groups in total. The lowest BCUT2D eigenvalue weighted by atomic mass is 10.2. The Morgan fingerprint density at radius 1 is 1.22 bits per heavy atom. The average Bonchev–Trinajstić information content (AvgIpc) is 3.31. The van der Waals surface area contributed by atoms with Crippen LogP contribution in [-0.2, 0) is 12.7 Å². The van der Waals surface area contributed by atoms with Crippen LogP contribution in [0.5, 0.6) is 0 Å². The second kappa shape index (κ2) is 7.60. The van der Waals surface area contributed by atoms with Crippen LogP contribution >= 0.6 is 11.3 Å². The van der Waals surface area contributed by atoms with E-state index in [2.05, 4.69) is 10.1 Å². The third-order valence-corrected chi connectivity index (χ3v) is 5.77. The van der Waals surface area contributed by atoms with Crippen molar-refractivity contribution in [1.82, 2.24) is 24.5 Å². The second-order valence-corrected chi connectivity index (χ2v) is 8.57. The van der Waals surface area contributed by atoms with Crippen LogP contribution in [0.15, 0.2) is 16.9 Å². The molecule has 14 heteroatoms. The lowest BCUT2D eigenvalue weighted by molar-refractivity contribution is -0.141. The molecule has 0 bridgehead atoms. The second-order valence-electron chi connectivity index (χ2n) is 7.39. The Morgan fingerprint density at radius 3 is 2.50 bits per heavy atom. The zero-order valence-electron chi connectivity index (χ0n) is 16.3. The number of alkyl halides is 6. The molecular weight excluding hydrogens is 464 g/mol. The molecule has 3 aromatic heterocycles. The Morgan fingerprint density at radius 2 is 1.91 bits per heavy atom. The molecule has 0 aliphatic heterocycles. The molecule has 3 aromatic rings. The third kappa shape index (κ3) is 4.49. The minimum absolute atomic E-state index is 0.0401. The summed E-state index contributed by atoms with van der Waals surface area (Å²) in [7, 11) is 0. The van der Waals surface area contributed by atoms with Gasteiger partial charge in [-0.2, -0.15) is 31.4 Å². The van der Waals surface area contributed by atoms with E-state index in [1.165, 1.54) is 6.92 Å².